The van der Waals surface area contributed by atoms with E-state index in [1.54, 1.807) is 23.1 Å². The van der Waals surface area contributed by atoms with Crippen molar-refractivity contribution in [1.29, 1.82) is 0 Å². The van der Waals surface area contributed by atoms with Crippen LogP contribution < -0.4 is 4.90 Å². The van der Waals surface area contributed by atoms with Crippen LogP contribution in [0.4, 0.5) is 17.1 Å². The van der Waals surface area contributed by atoms with Gasteiger partial charge in [0, 0.05) is 36.3 Å². The average molecular weight is 705 g/mol. The predicted octanol–water partition coefficient (Wildman–Crippen LogP) is 12.8. The quantitative estimate of drug-likeness (QED) is 0.183. The maximum absolute atomic E-state index is 6.44. The Bertz CT molecular complexity index is 2700. The Kier molecular flexibility index (Phi) is 6.10. The standard InChI is InChI=1S/C40H22BrN3OS2/c41-26-16-19-31-35(22-26)46-38-30(39-42-36-28-8-3-1-6-23(28)14-20-33(36)45-39)10-5-11-32(38)44(31)27-17-12-25(13-18-27)40-43-37-29-9-4-2-7-24(29)15-21-34(37)47-40/h1-22H. The Labute approximate surface area is 286 Å². The van der Waals surface area contributed by atoms with Crippen LogP contribution in [0.25, 0.3) is 64.9 Å². The molecule has 7 aromatic carbocycles. The number of aromatic nitrogens is 2. The van der Waals surface area contributed by atoms with Gasteiger partial charge in [-0.3, -0.25) is 0 Å². The Balaban J connectivity index is 1.10. The number of hydrogen-bond donors (Lipinski definition) is 0. The molecule has 0 fully saturated rings. The molecule has 0 bridgehead atoms. The summed E-state index contributed by atoms with van der Waals surface area (Å²) in [6, 6.07) is 46.9. The Morgan fingerprint density at radius 1 is 0.638 bits per heavy atom. The number of benzene rings is 7. The fraction of sp³-hybridized carbons (Fsp3) is 0. The second kappa shape index (κ2) is 10.5. The van der Waals surface area contributed by atoms with Gasteiger partial charge in [0.25, 0.3) is 0 Å². The molecule has 0 spiro atoms. The van der Waals surface area contributed by atoms with E-state index in [4.69, 9.17) is 14.4 Å². The maximum Gasteiger partial charge on any atom is 0.228 e. The summed E-state index contributed by atoms with van der Waals surface area (Å²) in [6.07, 6.45) is 0. The molecular weight excluding hydrogens is 682 g/mol. The fourth-order valence-electron chi connectivity index (χ4n) is 6.56. The van der Waals surface area contributed by atoms with Crippen molar-refractivity contribution in [2.24, 2.45) is 0 Å². The molecule has 1 aliphatic rings. The van der Waals surface area contributed by atoms with E-state index >= 15 is 0 Å². The van der Waals surface area contributed by atoms with E-state index in [1.165, 1.54) is 15.5 Å². The minimum Gasteiger partial charge on any atom is -0.436 e. The summed E-state index contributed by atoms with van der Waals surface area (Å²) >= 11 is 7.20. The smallest absolute Gasteiger partial charge is 0.228 e. The van der Waals surface area contributed by atoms with Gasteiger partial charge in [-0.1, -0.05) is 94.4 Å². The van der Waals surface area contributed by atoms with Crippen LogP contribution in [0.5, 0.6) is 0 Å². The van der Waals surface area contributed by atoms with Crippen LogP contribution in [0.1, 0.15) is 0 Å². The van der Waals surface area contributed by atoms with Crippen molar-refractivity contribution in [1.82, 2.24) is 9.97 Å². The molecule has 47 heavy (non-hydrogen) atoms. The third kappa shape index (κ3) is 4.34. The first kappa shape index (κ1) is 27.2. The van der Waals surface area contributed by atoms with E-state index in [1.807, 2.05) is 12.1 Å². The third-order valence-corrected chi connectivity index (χ3v) is 11.5. The van der Waals surface area contributed by atoms with Gasteiger partial charge in [0.15, 0.2) is 5.58 Å². The summed E-state index contributed by atoms with van der Waals surface area (Å²) in [7, 11) is 0. The molecule has 0 saturated heterocycles. The lowest BCUT2D eigenvalue weighted by Crippen LogP contribution is -2.15. The minimum absolute atomic E-state index is 0.623. The fourth-order valence-corrected chi connectivity index (χ4v) is 9.26. The largest absolute Gasteiger partial charge is 0.436 e. The van der Waals surface area contributed by atoms with Gasteiger partial charge >= 0.3 is 0 Å². The molecule has 0 aliphatic carbocycles. The van der Waals surface area contributed by atoms with Gasteiger partial charge < -0.3 is 9.32 Å². The van der Waals surface area contributed by atoms with Gasteiger partial charge in [-0.25, -0.2) is 9.97 Å². The number of rotatable bonds is 3. The topological polar surface area (TPSA) is 42.2 Å². The molecule has 0 N–H and O–H groups in total. The minimum atomic E-state index is 0.623. The molecule has 10 rings (SSSR count). The molecule has 7 heteroatoms. The van der Waals surface area contributed by atoms with Crippen molar-refractivity contribution >= 4 is 99.0 Å². The molecule has 0 radical (unpaired) electrons. The SMILES string of the molecule is Brc1ccc2c(c1)Sc1c(-c3nc4c(ccc5ccccc54)o3)cccc1N2c1ccc(-c2nc3c(ccc4ccccc43)s2)cc1. The number of oxazole rings is 1. The number of nitrogens with zero attached hydrogens (tertiary/aromatic N) is 3. The first-order valence-electron chi connectivity index (χ1n) is 15.3. The van der Waals surface area contributed by atoms with Crippen molar-refractivity contribution in [3.8, 4) is 22.0 Å². The van der Waals surface area contributed by atoms with E-state index in [9.17, 15) is 0 Å². The number of hydrogen-bond acceptors (Lipinski definition) is 6. The van der Waals surface area contributed by atoms with Crippen LogP contribution in [0.3, 0.4) is 0 Å². The summed E-state index contributed by atoms with van der Waals surface area (Å²) in [4.78, 5) is 14.8. The molecule has 0 atom stereocenters. The second-order valence-corrected chi connectivity index (χ2v) is 14.6. The van der Waals surface area contributed by atoms with Crippen molar-refractivity contribution in [2.75, 3.05) is 4.90 Å². The lowest BCUT2D eigenvalue weighted by molar-refractivity contribution is 0.618. The van der Waals surface area contributed by atoms with Gasteiger partial charge in [-0.05, 0) is 77.5 Å². The van der Waals surface area contributed by atoms with Crippen molar-refractivity contribution < 1.29 is 4.42 Å². The zero-order valence-electron chi connectivity index (χ0n) is 24.6. The first-order chi connectivity index (χ1) is 23.2. The van der Waals surface area contributed by atoms with Gasteiger partial charge in [0.2, 0.25) is 5.89 Å². The molecular formula is C40H22BrN3OS2. The Morgan fingerprint density at radius 2 is 1.40 bits per heavy atom. The molecule has 2 aromatic heterocycles. The van der Waals surface area contributed by atoms with E-state index in [2.05, 4.69) is 142 Å². The number of thiazole rings is 1. The number of fused-ring (bicyclic) bond motifs is 8. The normalized spacial score (nSPS) is 12.7. The molecule has 0 unspecified atom stereocenters. The van der Waals surface area contributed by atoms with Gasteiger partial charge in [0.1, 0.15) is 10.5 Å². The van der Waals surface area contributed by atoms with E-state index in [-0.39, 0.29) is 0 Å². The summed E-state index contributed by atoms with van der Waals surface area (Å²) < 4.78 is 8.68. The summed E-state index contributed by atoms with van der Waals surface area (Å²) in [5.74, 6) is 0.623. The number of halogens is 1. The second-order valence-electron chi connectivity index (χ2n) is 11.6. The Hall–Kier alpha value is -4.95. The Morgan fingerprint density at radius 3 is 2.23 bits per heavy atom. The van der Waals surface area contributed by atoms with Gasteiger partial charge in [-0.15, -0.1) is 11.3 Å². The maximum atomic E-state index is 6.44. The molecule has 0 saturated carbocycles. The molecule has 4 nitrogen and oxygen atoms in total. The molecule has 1 aliphatic heterocycles. The average Bonchev–Trinajstić information content (AvgIpc) is 3.76. The summed E-state index contributed by atoms with van der Waals surface area (Å²) in [6.45, 7) is 0. The highest BCUT2D eigenvalue weighted by Crippen LogP contribution is 2.55. The van der Waals surface area contributed by atoms with Crippen LogP contribution >= 0.6 is 39.0 Å². The van der Waals surface area contributed by atoms with Crippen LogP contribution in [-0.2, 0) is 0 Å². The molecule has 222 valence electrons. The van der Waals surface area contributed by atoms with E-state index < -0.39 is 0 Å². The highest BCUT2D eigenvalue weighted by molar-refractivity contribution is 9.10. The van der Waals surface area contributed by atoms with E-state index in [0.29, 0.717) is 5.89 Å². The van der Waals surface area contributed by atoms with Crippen molar-refractivity contribution in [3.63, 3.8) is 0 Å². The number of anilines is 3. The lowest BCUT2D eigenvalue weighted by Gasteiger charge is -2.33. The van der Waals surface area contributed by atoms with Gasteiger partial charge in [-0.2, -0.15) is 0 Å². The monoisotopic (exact) mass is 703 g/mol. The van der Waals surface area contributed by atoms with Crippen LogP contribution in [-0.4, -0.2) is 9.97 Å². The molecule has 9 aromatic rings. The first-order valence-corrected chi connectivity index (χ1v) is 17.7. The molecule has 0 amide bonds. The zero-order chi connectivity index (χ0) is 31.1. The highest BCUT2D eigenvalue weighted by Gasteiger charge is 2.29. The summed E-state index contributed by atoms with van der Waals surface area (Å²) in [5, 5.41) is 5.67. The summed E-state index contributed by atoms with van der Waals surface area (Å²) in [5.41, 5.74) is 8.11. The molecule has 3 heterocycles. The van der Waals surface area contributed by atoms with Crippen LogP contribution in [0.2, 0.25) is 0 Å². The van der Waals surface area contributed by atoms with Crippen LogP contribution in [0.15, 0.2) is 152 Å². The highest BCUT2D eigenvalue weighted by atomic mass is 79.9. The van der Waals surface area contributed by atoms with E-state index in [0.717, 1.165) is 74.8 Å². The predicted molar refractivity (Wildman–Crippen MR) is 200 cm³/mol. The van der Waals surface area contributed by atoms with Crippen molar-refractivity contribution in [3.05, 3.63) is 138 Å². The lowest BCUT2D eigenvalue weighted by atomic mass is 10.1. The van der Waals surface area contributed by atoms with Gasteiger partial charge in [0.05, 0.1) is 27.2 Å². The third-order valence-electron chi connectivity index (χ3n) is 8.78. The zero-order valence-corrected chi connectivity index (χ0v) is 27.9. The van der Waals surface area contributed by atoms with Crippen LogP contribution in [0, 0.1) is 0 Å². The van der Waals surface area contributed by atoms with Crippen molar-refractivity contribution in [2.45, 2.75) is 9.79 Å².